The molecule has 7 nitrogen and oxygen atoms in total. The van der Waals surface area contributed by atoms with Crippen LogP contribution in [0.2, 0.25) is 0 Å². The summed E-state index contributed by atoms with van der Waals surface area (Å²) in [4.78, 5) is 34.2. The maximum absolute atomic E-state index is 12.4. The highest BCUT2D eigenvalue weighted by atomic mass is 32.2. The number of fused-ring (bicyclic) bond motifs is 3. The summed E-state index contributed by atoms with van der Waals surface area (Å²) in [5, 5.41) is 13.1. The molecule has 0 aliphatic heterocycles. The maximum Gasteiger partial charge on any atom is 0.259 e. The van der Waals surface area contributed by atoms with Gasteiger partial charge < -0.3 is 4.98 Å². The van der Waals surface area contributed by atoms with E-state index in [1.165, 1.54) is 33.5 Å². The molecule has 0 aromatic carbocycles. The van der Waals surface area contributed by atoms with E-state index in [2.05, 4.69) is 32.4 Å². The largest absolute Gasteiger partial charge is 0.309 e. The van der Waals surface area contributed by atoms with Gasteiger partial charge in [0.15, 0.2) is 0 Å². The molecule has 1 aliphatic carbocycles. The van der Waals surface area contributed by atoms with Crippen LogP contribution >= 0.6 is 34.4 Å². The molecule has 0 saturated carbocycles. The average Bonchev–Trinajstić information content (AvgIpc) is 3.35. The van der Waals surface area contributed by atoms with Gasteiger partial charge in [-0.2, -0.15) is 0 Å². The number of hydrogen-bond acceptors (Lipinski definition) is 8. The normalized spacial score (nSPS) is 13.2. The molecule has 148 valence electrons. The van der Waals surface area contributed by atoms with Crippen LogP contribution in [0.15, 0.2) is 4.79 Å². The SMILES string of the molecule is CCCCc1nnc(NC(=O)CSCc2nc3sc4c(c3c(=O)[nH]2)CCC4)s1. The molecule has 2 N–H and O–H groups in total. The fraction of sp³-hybridized carbons (Fsp3) is 0.500. The predicted octanol–water partition coefficient (Wildman–Crippen LogP) is 3.54. The molecule has 28 heavy (non-hydrogen) atoms. The van der Waals surface area contributed by atoms with Gasteiger partial charge >= 0.3 is 0 Å². The van der Waals surface area contributed by atoms with Crippen LogP contribution in [-0.4, -0.2) is 31.8 Å². The summed E-state index contributed by atoms with van der Waals surface area (Å²) >= 11 is 4.47. The van der Waals surface area contributed by atoms with Crippen molar-refractivity contribution in [1.29, 1.82) is 0 Å². The van der Waals surface area contributed by atoms with Crippen molar-refractivity contribution in [1.82, 2.24) is 20.2 Å². The number of nitrogens with one attached hydrogen (secondary N) is 2. The van der Waals surface area contributed by atoms with Crippen molar-refractivity contribution in [3.63, 3.8) is 0 Å². The zero-order chi connectivity index (χ0) is 19.5. The van der Waals surface area contributed by atoms with Crippen molar-refractivity contribution >= 4 is 55.7 Å². The maximum atomic E-state index is 12.4. The second-order valence-electron chi connectivity index (χ2n) is 6.70. The topological polar surface area (TPSA) is 101 Å². The Bertz CT molecular complexity index is 1060. The summed E-state index contributed by atoms with van der Waals surface area (Å²) in [5.41, 5.74) is 1.13. The fourth-order valence-corrected chi connectivity index (χ4v) is 6.01. The summed E-state index contributed by atoms with van der Waals surface area (Å²) < 4.78 is 0. The van der Waals surface area contributed by atoms with Gasteiger partial charge in [0.1, 0.15) is 15.7 Å². The van der Waals surface area contributed by atoms with E-state index < -0.39 is 0 Å². The van der Waals surface area contributed by atoms with Gasteiger partial charge in [-0.05, 0) is 31.2 Å². The van der Waals surface area contributed by atoms with Gasteiger partial charge in [0.05, 0.1) is 16.9 Å². The van der Waals surface area contributed by atoms with E-state index in [9.17, 15) is 9.59 Å². The predicted molar refractivity (Wildman–Crippen MR) is 116 cm³/mol. The smallest absolute Gasteiger partial charge is 0.259 e. The number of nitrogens with zero attached hydrogens (tertiary/aromatic N) is 3. The number of carbonyl (C=O) groups excluding carboxylic acids is 1. The number of H-pyrrole nitrogens is 1. The molecule has 0 fully saturated rings. The monoisotopic (exact) mass is 435 g/mol. The highest BCUT2D eigenvalue weighted by Gasteiger charge is 2.21. The minimum atomic E-state index is -0.123. The number of thioether (sulfide) groups is 1. The molecule has 0 radical (unpaired) electrons. The quantitative estimate of drug-likeness (QED) is 0.561. The van der Waals surface area contributed by atoms with E-state index in [1.54, 1.807) is 11.3 Å². The van der Waals surface area contributed by atoms with Crippen LogP contribution in [0.1, 0.15) is 47.5 Å². The molecule has 0 spiro atoms. The fourth-order valence-electron chi connectivity index (χ4n) is 3.24. The minimum Gasteiger partial charge on any atom is -0.309 e. The van der Waals surface area contributed by atoms with Gasteiger partial charge in [0.2, 0.25) is 11.0 Å². The molecule has 1 aliphatic rings. The Balaban J connectivity index is 1.32. The van der Waals surface area contributed by atoms with Gasteiger partial charge in [0.25, 0.3) is 5.56 Å². The summed E-state index contributed by atoms with van der Waals surface area (Å²) in [5.74, 6) is 1.25. The third kappa shape index (κ3) is 4.28. The molecule has 0 atom stereocenters. The Labute approximate surface area is 174 Å². The lowest BCUT2D eigenvalue weighted by Gasteiger charge is -2.02. The first-order valence-electron chi connectivity index (χ1n) is 9.37. The molecule has 3 aromatic rings. The second-order valence-corrected chi connectivity index (χ2v) is 9.83. The third-order valence-electron chi connectivity index (χ3n) is 4.55. The van der Waals surface area contributed by atoms with E-state index >= 15 is 0 Å². The van der Waals surface area contributed by atoms with Crippen LogP contribution in [0, 0.1) is 0 Å². The first kappa shape index (κ1) is 19.5. The molecule has 1 amide bonds. The highest BCUT2D eigenvalue weighted by molar-refractivity contribution is 7.99. The molecule has 0 bridgehead atoms. The Morgan fingerprint density at radius 3 is 3.04 bits per heavy atom. The number of anilines is 1. The van der Waals surface area contributed by atoms with Crippen molar-refractivity contribution < 1.29 is 4.79 Å². The molecular formula is C18H21N5O2S3. The lowest BCUT2D eigenvalue weighted by molar-refractivity contribution is -0.113. The zero-order valence-electron chi connectivity index (χ0n) is 15.5. The summed E-state index contributed by atoms with van der Waals surface area (Å²) in [6.45, 7) is 2.13. The minimum absolute atomic E-state index is 0.0575. The number of aromatic amines is 1. The van der Waals surface area contributed by atoms with E-state index in [0.29, 0.717) is 16.7 Å². The van der Waals surface area contributed by atoms with E-state index in [1.807, 2.05) is 0 Å². The van der Waals surface area contributed by atoms with Gasteiger partial charge in [-0.3, -0.25) is 14.9 Å². The van der Waals surface area contributed by atoms with Crippen LogP contribution in [0.4, 0.5) is 5.13 Å². The number of hydrogen-bond donors (Lipinski definition) is 2. The van der Waals surface area contributed by atoms with Crippen LogP contribution in [0.3, 0.4) is 0 Å². The van der Waals surface area contributed by atoms with Crippen molar-refractivity contribution in [3.8, 4) is 0 Å². The van der Waals surface area contributed by atoms with Gasteiger partial charge in [-0.25, -0.2) is 4.98 Å². The lowest BCUT2D eigenvalue weighted by Crippen LogP contribution is -2.15. The Hall–Kier alpha value is -1.78. The second kappa shape index (κ2) is 8.71. The van der Waals surface area contributed by atoms with Crippen LogP contribution < -0.4 is 10.9 Å². The van der Waals surface area contributed by atoms with Crippen molar-refractivity contribution in [2.45, 2.75) is 51.2 Å². The molecule has 4 rings (SSSR count). The van der Waals surface area contributed by atoms with Gasteiger partial charge in [-0.1, -0.05) is 24.7 Å². The Morgan fingerprint density at radius 2 is 2.18 bits per heavy atom. The van der Waals surface area contributed by atoms with Crippen LogP contribution in [0.25, 0.3) is 10.2 Å². The van der Waals surface area contributed by atoms with E-state index in [4.69, 9.17) is 0 Å². The first-order chi connectivity index (χ1) is 13.6. The summed E-state index contributed by atoms with van der Waals surface area (Å²) in [7, 11) is 0. The molecule has 3 aromatic heterocycles. The van der Waals surface area contributed by atoms with Crippen LogP contribution in [-0.2, 0) is 29.8 Å². The van der Waals surface area contributed by atoms with Crippen molar-refractivity contribution in [2.24, 2.45) is 0 Å². The van der Waals surface area contributed by atoms with E-state index in [0.717, 1.165) is 53.7 Å². The number of carbonyl (C=O) groups is 1. The average molecular weight is 436 g/mol. The molecule has 0 unspecified atom stereocenters. The van der Waals surface area contributed by atoms with Crippen molar-refractivity contribution in [3.05, 3.63) is 31.6 Å². The number of thiophene rings is 1. The molecule has 0 saturated heterocycles. The van der Waals surface area contributed by atoms with E-state index in [-0.39, 0.29) is 17.2 Å². The molecule has 10 heteroatoms. The molecular weight excluding hydrogens is 414 g/mol. The Morgan fingerprint density at radius 1 is 1.29 bits per heavy atom. The van der Waals surface area contributed by atoms with Crippen LogP contribution in [0.5, 0.6) is 0 Å². The Kier molecular flexibility index (Phi) is 6.07. The third-order valence-corrected chi connectivity index (χ3v) is 7.58. The summed E-state index contributed by atoms with van der Waals surface area (Å²) in [6, 6.07) is 0. The highest BCUT2D eigenvalue weighted by Crippen LogP contribution is 2.34. The first-order valence-corrected chi connectivity index (χ1v) is 12.2. The molecule has 3 heterocycles. The number of amides is 1. The number of aromatic nitrogens is 4. The number of aryl methyl sites for hydroxylation is 3. The van der Waals surface area contributed by atoms with Gasteiger partial charge in [0, 0.05) is 11.3 Å². The number of unbranched alkanes of at least 4 members (excludes halogenated alkanes) is 1. The summed E-state index contributed by atoms with van der Waals surface area (Å²) in [6.07, 6.45) is 6.21. The van der Waals surface area contributed by atoms with Gasteiger partial charge in [-0.15, -0.1) is 33.3 Å². The zero-order valence-corrected chi connectivity index (χ0v) is 18.0. The van der Waals surface area contributed by atoms with Crippen molar-refractivity contribution in [2.75, 3.05) is 11.1 Å². The lowest BCUT2D eigenvalue weighted by atomic mass is 10.2. The number of rotatable bonds is 8. The standard InChI is InChI=1S/C18H21N5O2S3/c1-2-3-7-14-22-23-18(28-14)21-13(24)9-26-8-12-19-16(25)15-10-5-4-6-11(10)27-17(15)20-12/h2-9H2,1H3,(H,19,20,25)(H,21,23,24).